The van der Waals surface area contributed by atoms with Crippen LogP contribution in [-0.2, 0) is 0 Å². The Morgan fingerprint density at radius 2 is 2.09 bits per heavy atom. The Labute approximate surface area is 132 Å². The van der Waals surface area contributed by atoms with Gasteiger partial charge in [-0.1, -0.05) is 0 Å². The molecule has 22 heavy (non-hydrogen) atoms. The predicted molar refractivity (Wildman–Crippen MR) is 88.8 cm³/mol. The second-order valence-corrected chi connectivity index (χ2v) is 7.68. The van der Waals surface area contributed by atoms with Crippen molar-refractivity contribution in [2.45, 2.75) is 39.0 Å². The summed E-state index contributed by atoms with van der Waals surface area (Å²) in [6.45, 7) is 8.14. The average Bonchev–Trinajstić information content (AvgIpc) is 3.18. The van der Waals surface area contributed by atoms with Crippen molar-refractivity contribution in [3.8, 4) is 0 Å². The van der Waals surface area contributed by atoms with Crippen LogP contribution in [0, 0.1) is 18.3 Å². The van der Waals surface area contributed by atoms with Gasteiger partial charge in [0.15, 0.2) is 0 Å². The minimum atomic E-state index is 0.398. The van der Waals surface area contributed by atoms with E-state index in [9.17, 15) is 0 Å². The van der Waals surface area contributed by atoms with E-state index in [1.807, 2.05) is 6.92 Å². The van der Waals surface area contributed by atoms with E-state index >= 15 is 0 Å². The molecule has 4 rings (SSSR count). The van der Waals surface area contributed by atoms with Crippen LogP contribution in [0.15, 0.2) is 6.07 Å². The number of hydrogen-bond acceptors (Lipinski definition) is 5. The monoisotopic (exact) mass is 301 g/mol. The van der Waals surface area contributed by atoms with E-state index in [4.69, 9.17) is 5.73 Å². The lowest BCUT2D eigenvalue weighted by atomic mass is 9.79. The number of nitrogens with two attached hydrogens (primary N) is 1. The van der Waals surface area contributed by atoms with Crippen LogP contribution in [0.4, 0.5) is 11.8 Å². The van der Waals surface area contributed by atoms with Crippen molar-refractivity contribution >= 4 is 11.8 Å². The topological polar surface area (TPSA) is 58.3 Å². The molecule has 3 heterocycles. The van der Waals surface area contributed by atoms with Crippen LogP contribution in [0.5, 0.6) is 0 Å². The third kappa shape index (κ3) is 2.91. The Morgan fingerprint density at radius 3 is 2.86 bits per heavy atom. The van der Waals surface area contributed by atoms with Gasteiger partial charge < -0.3 is 15.5 Å². The fraction of sp³-hybridized carbons (Fsp3) is 0.765. The van der Waals surface area contributed by atoms with E-state index in [1.165, 1.54) is 51.7 Å². The molecule has 1 aromatic heterocycles. The number of nitrogen functional groups attached to an aromatic ring is 1. The lowest BCUT2D eigenvalue weighted by molar-refractivity contribution is 0.101. The molecule has 3 fully saturated rings. The fourth-order valence-electron chi connectivity index (χ4n) is 4.33. The van der Waals surface area contributed by atoms with E-state index < -0.39 is 0 Å². The lowest BCUT2D eigenvalue weighted by Crippen LogP contribution is -2.45. The van der Waals surface area contributed by atoms with Gasteiger partial charge in [-0.15, -0.1) is 0 Å². The largest absolute Gasteiger partial charge is 0.368 e. The Kier molecular flexibility index (Phi) is 3.48. The van der Waals surface area contributed by atoms with Gasteiger partial charge in [0, 0.05) is 43.4 Å². The van der Waals surface area contributed by atoms with Crippen LogP contribution in [-0.4, -0.2) is 47.6 Å². The number of piperidine rings is 1. The summed E-state index contributed by atoms with van der Waals surface area (Å²) >= 11 is 0. The van der Waals surface area contributed by atoms with Gasteiger partial charge in [-0.3, -0.25) is 0 Å². The SMILES string of the molecule is Cc1cc(N2CCC3(CCCN(CC4CC4)C3)C2)nc(N)n1. The highest BCUT2D eigenvalue weighted by molar-refractivity contribution is 5.44. The lowest BCUT2D eigenvalue weighted by Gasteiger charge is -2.40. The molecule has 5 heteroatoms. The summed E-state index contributed by atoms with van der Waals surface area (Å²) in [7, 11) is 0. The van der Waals surface area contributed by atoms with Crippen molar-refractivity contribution in [3.63, 3.8) is 0 Å². The van der Waals surface area contributed by atoms with Gasteiger partial charge in [0.2, 0.25) is 5.95 Å². The van der Waals surface area contributed by atoms with Gasteiger partial charge >= 0.3 is 0 Å². The van der Waals surface area contributed by atoms with Gasteiger partial charge in [-0.25, -0.2) is 4.98 Å². The number of anilines is 2. The number of rotatable bonds is 3. The molecule has 1 aliphatic carbocycles. The van der Waals surface area contributed by atoms with Crippen LogP contribution in [0.1, 0.15) is 37.8 Å². The highest BCUT2D eigenvalue weighted by atomic mass is 15.3. The summed E-state index contributed by atoms with van der Waals surface area (Å²) in [6.07, 6.45) is 6.91. The zero-order valence-corrected chi connectivity index (χ0v) is 13.6. The van der Waals surface area contributed by atoms with E-state index in [2.05, 4.69) is 25.8 Å². The molecule has 1 atom stereocenters. The van der Waals surface area contributed by atoms with Crippen LogP contribution in [0.2, 0.25) is 0 Å². The Hall–Kier alpha value is -1.36. The van der Waals surface area contributed by atoms with Gasteiger partial charge in [-0.05, 0) is 51.5 Å². The third-order valence-electron chi connectivity index (χ3n) is 5.57. The fourth-order valence-corrected chi connectivity index (χ4v) is 4.33. The van der Waals surface area contributed by atoms with E-state index in [1.54, 1.807) is 0 Å². The molecule has 0 amide bonds. The number of aromatic nitrogens is 2. The first-order valence-electron chi connectivity index (χ1n) is 8.70. The van der Waals surface area contributed by atoms with Crippen LogP contribution >= 0.6 is 0 Å². The molecule has 1 saturated carbocycles. The summed E-state index contributed by atoms with van der Waals surface area (Å²) in [6, 6.07) is 2.07. The van der Waals surface area contributed by atoms with Crippen molar-refractivity contribution in [3.05, 3.63) is 11.8 Å². The van der Waals surface area contributed by atoms with Crippen molar-refractivity contribution in [2.75, 3.05) is 43.4 Å². The summed E-state index contributed by atoms with van der Waals surface area (Å²) in [5, 5.41) is 0. The molecule has 0 aromatic carbocycles. The second kappa shape index (κ2) is 5.37. The maximum atomic E-state index is 5.82. The highest BCUT2D eigenvalue weighted by Gasteiger charge is 2.42. The first-order valence-corrected chi connectivity index (χ1v) is 8.70. The minimum absolute atomic E-state index is 0.398. The maximum absolute atomic E-state index is 5.82. The van der Waals surface area contributed by atoms with Crippen molar-refractivity contribution in [1.29, 1.82) is 0 Å². The van der Waals surface area contributed by atoms with Crippen LogP contribution < -0.4 is 10.6 Å². The second-order valence-electron chi connectivity index (χ2n) is 7.68. The molecule has 120 valence electrons. The van der Waals surface area contributed by atoms with Gasteiger partial charge in [0.1, 0.15) is 5.82 Å². The molecule has 1 aromatic rings. The molecule has 0 bridgehead atoms. The van der Waals surface area contributed by atoms with Crippen molar-refractivity contribution in [1.82, 2.24) is 14.9 Å². The van der Waals surface area contributed by atoms with Gasteiger partial charge in [0.05, 0.1) is 0 Å². The predicted octanol–water partition coefficient (Wildman–Crippen LogP) is 2.07. The molecule has 0 radical (unpaired) electrons. The average molecular weight is 301 g/mol. The molecule has 2 N–H and O–H groups in total. The van der Waals surface area contributed by atoms with E-state index in [-0.39, 0.29) is 0 Å². The molecule has 2 aliphatic heterocycles. The summed E-state index contributed by atoms with van der Waals surface area (Å²) < 4.78 is 0. The quantitative estimate of drug-likeness (QED) is 0.926. The van der Waals surface area contributed by atoms with E-state index in [0.29, 0.717) is 11.4 Å². The Morgan fingerprint density at radius 1 is 1.23 bits per heavy atom. The maximum Gasteiger partial charge on any atom is 0.222 e. The summed E-state index contributed by atoms with van der Waals surface area (Å²) in [4.78, 5) is 13.8. The molecule has 2 saturated heterocycles. The molecule has 3 aliphatic rings. The zero-order valence-electron chi connectivity index (χ0n) is 13.6. The third-order valence-corrected chi connectivity index (χ3v) is 5.57. The van der Waals surface area contributed by atoms with Crippen LogP contribution in [0.25, 0.3) is 0 Å². The molecular weight excluding hydrogens is 274 g/mol. The van der Waals surface area contributed by atoms with Crippen molar-refractivity contribution in [2.24, 2.45) is 11.3 Å². The Balaban J connectivity index is 1.46. The number of likely N-dealkylation sites (tertiary alicyclic amines) is 1. The minimum Gasteiger partial charge on any atom is -0.368 e. The number of nitrogens with zero attached hydrogens (tertiary/aromatic N) is 4. The standard InChI is InChI=1S/C17H27N5/c1-13-9-15(20-16(18)19-13)22-8-6-17(12-22)5-2-7-21(11-17)10-14-3-4-14/h9,14H,2-8,10-12H2,1H3,(H2,18,19,20). The van der Waals surface area contributed by atoms with Gasteiger partial charge in [0.25, 0.3) is 0 Å². The smallest absolute Gasteiger partial charge is 0.222 e. The normalized spacial score (nSPS) is 29.4. The summed E-state index contributed by atoms with van der Waals surface area (Å²) in [5.41, 5.74) is 7.26. The number of aryl methyl sites for hydroxylation is 1. The molecule has 1 unspecified atom stereocenters. The first-order chi connectivity index (χ1) is 10.6. The van der Waals surface area contributed by atoms with Crippen LogP contribution in [0.3, 0.4) is 0 Å². The number of hydrogen-bond donors (Lipinski definition) is 1. The van der Waals surface area contributed by atoms with E-state index in [0.717, 1.165) is 30.5 Å². The van der Waals surface area contributed by atoms with Gasteiger partial charge in [-0.2, -0.15) is 4.98 Å². The molecule has 1 spiro atoms. The molecular formula is C17H27N5. The molecule has 5 nitrogen and oxygen atoms in total. The Bertz CT molecular complexity index is 536. The zero-order chi connectivity index (χ0) is 15.2. The summed E-state index contributed by atoms with van der Waals surface area (Å²) in [5.74, 6) is 2.41. The van der Waals surface area contributed by atoms with Crippen molar-refractivity contribution < 1.29 is 0 Å². The first kappa shape index (κ1) is 14.2. The highest BCUT2D eigenvalue weighted by Crippen LogP contribution is 2.41.